The van der Waals surface area contributed by atoms with E-state index in [1.54, 1.807) is 7.05 Å². The SMILES string of the molecule is CNC(=O)CCCn1ccc2ccc(C(N)=S)cc21. The number of carbonyl (C=O) groups is 1. The van der Waals surface area contributed by atoms with E-state index in [-0.39, 0.29) is 5.91 Å². The van der Waals surface area contributed by atoms with Gasteiger partial charge in [-0.05, 0) is 23.9 Å². The lowest BCUT2D eigenvalue weighted by molar-refractivity contribution is -0.120. The number of aryl methyl sites for hydroxylation is 1. The monoisotopic (exact) mass is 275 g/mol. The highest BCUT2D eigenvalue weighted by Gasteiger charge is 2.05. The second-order valence-corrected chi connectivity index (χ2v) is 4.86. The minimum atomic E-state index is 0.0697. The minimum absolute atomic E-state index is 0.0697. The average molecular weight is 275 g/mol. The highest BCUT2D eigenvalue weighted by Crippen LogP contribution is 2.18. The van der Waals surface area contributed by atoms with Gasteiger partial charge in [0.1, 0.15) is 4.99 Å². The van der Waals surface area contributed by atoms with E-state index in [9.17, 15) is 4.79 Å². The first-order chi connectivity index (χ1) is 9.11. The molecule has 1 heterocycles. The molecule has 0 unspecified atom stereocenters. The van der Waals surface area contributed by atoms with E-state index in [0.717, 1.165) is 29.4 Å². The number of carbonyl (C=O) groups excluding carboxylic acids is 1. The molecule has 0 saturated heterocycles. The maximum atomic E-state index is 11.2. The number of thiocarbonyl (C=S) groups is 1. The Kier molecular flexibility index (Phi) is 4.16. The summed E-state index contributed by atoms with van der Waals surface area (Å²) < 4.78 is 2.13. The summed E-state index contributed by atoms with van der Waals surface area (Å²) >= 11 is 5.00. The third kappa shape index (κ3) is 3.12. The van der Waals surface area contributed by atoms with Gasteiger partial charge in [0.25, 0.3) is 0 Å². The van der Waals surface area contributed by atoms with Gasteiger partial charge in [-0.15, -0.1) is 0 Å². The largest absolute Gasteiger partial charge is 0.389 e. The van der Waals surface area contributed by atoms with Gasteiger partial charge >= 0.3 is 0 Å². The van der Waals surface area contributed by atoms with E-state index in [1.807, 2.05) is 24.4 Å². The number of aromatic nitrogens is 1. The number of hydrogen-bond acceptors (Lipinski definition) is 2. The van der Waals surface area contributed by atoms with Gasteiger partial charge < -0.3 is 15.6 Å². The lowest BCUT2D eigenvalue weighted by atomic mass is 10.1. The molecule has 0 aliphatic rings. The van der Waals surface area contributed by atoms with Crippen molar-refractivity contribution in [1.29, 1.82) is 0 Å². The number of nitrogens with two attached hydrogens (primary N) is 1. The molecule has 2 rings (SSSR count). The van der Waals surface area contributed by atoms with E-state index >= 15 is 0 Å². The van der Waals surface area contributed by atoms with Crippen molar-refractivity contribution in [2.75, 3.05) is 7.05 Å². The van der Waals surface area contributed by atoms with Gasteiger partial charge in [0, 0.05) is 37.3 Å². The molecule has 0 aliphatic carbocycles. The van der Waals surface area contributed by atoms with Crippen LogP contribution in [0.4, 0.5) is 0 Å². The number of nitrogens with zero attached hydrogens (tertiary/aromatic N) is 1. The van der Waals surface area contributed by atoms with Crippen LogP contribution in [0.1, 0.15) is 18.4 Å². The predicted octanol–water partition coefficient (Wildman–Crippen LogP) is 1.80. The van der Waals surface area contributed by atoms with E-state index in [1.165, 1.54) is 0 Å². The zero-order chi connectivity index (χ0) is 13.8. The number of fused-ring (bicyclic) bond motifs is 1. The van der Waals surface area contributed by atoms with Gasteiger partial charge in [-0.2, -0.15) is 0 Å². The molecule has 2 aromatic rings. The van der Waals surface area contributed by atoms with Gasteiger partial charge in [-0.25, -0.2) is 0 Å². The molecule has 0 bridgehead atoms. The van der Waals surface area contributed by atoms with Crippen LogP contribution in [-0.2, 0) is 11.3 Å². The van der Waals surface area contributed by atoms with Crippen molar-refractivity contribution < 1.29 is 4.79 Å². The Morgan fingerprint density at radius 3 is 2.89 bits per heavy atom. The summed E-state index contributed by atoms with van der Waals surface area (Å²) in [5.41, 5.74) is 7.62. The molecule has 5 heteroatoms. The van der Waals surface area contributed by atoms with Gasteiger partial charge in [0.2, 0.25) is 5.91 Å². The Morgan fingerprint density at radius 2 is 2.21 bits per heavy atom. The molecule has 0 fully saturated rings. The quantitative estimate of drug-likeness (QED) is 0.818. The Labute approximate surface area is 117 Å². The zero-order valence-corrected chi connectivity index (χ0v) is 11.7. The molecular weight excluding hydrogens is 258 g/mol. The number of amides is 1. The van der Waals surface area contributed by atoms with E-state index in [2.05, 4.69) is 16.0 Å². The normalized spacial score (nSPS) is 10.6. The molecule has 1 aromatic carbocycles. The summed E-state index contributed by atoms with van der Waals surface area (Å²) in [6.45, 7) is 0.803. The molecule has 19 heavy (non-hydrogen) atoms. The van der Waals surface area contributed by atoms with Crippen LogP contribution < -0.4 is 11.1 Å². The molecule has 0 spiro atoms. The molecule has 4 nitrogen and oxygen atoms in total. The molecule has 0 saturated carbocycles. The van der Waals surface area contributed by atoms with Crippen molar-refractivity contribution in [3.05, 3.63) is 36.0 Å². The van der Waals surface area contributed by atoms with Crippen molar-refractivity contribution in [3.8, 4) is 0 Å². The van der Waals surface area contributed by atoms with Crippen molar-refractivity contribution >= 4 is 34.0 Å². The number of benzene rings is 1. The number of hydrogen-bond donors (Lipinski definition) is 2. The maximum absolute atomic E-state index is 11.2. The summed E-state index contributed by atoms with van der Waals surface area (Å²) in [4.78, 5) is 11.6. The highest BCUT2D eigenvalue weighted by molar-refractivity contribution is 7.80. The first kappa shape index (κ1) is 13.5. The fourth-order valence-corrected chi connectivity index (χ4v) is 2.19. The predicted molar refractivity (Wildman–Crippen MR) is 81.1 cm³/mol. The van der Waals surface area contributed by atoms with Gasteiger partial charge in [-0.3, -0.25) is 4.79 Å². The van der Waals surface area contributed by atoms with Crippen LogP contribution in [0.15, 0.2) is 30.5 Å². The first-order valence-corrected chi connectivity index (χ1v) is 6.62. The van der Waals surface area contributed by atoms with Crippen LogP contribution in [0.5, 0.6) is 0 Å². The van der Waals surface area contributed by atoms with Crippen LogP contribution in [0.25, 0.3) is 10.9 Å². The van der Waals surface area contributed by atoms with Crippen molar-refractivity contribution in [1.82, 2.24) is 9.88 Å². The molecule has 100 valence electrons. The Balaban J connectivity index is 2.16. The van der Waals surface area contributed by atoms with Crippen molar-refractivity contribution in [2.45, 2.75) is 19.4 Å². The number of rotatable bonds is 5. The highest BCUT2D eigenvalue weighted by atomic mass is 32.1. The van der Waals surface area contributed by atoms with Crippen LogP contribution in [0.3, 0.4) is 0 Å². The van der Waals surface area contributed by atoms with Crippen LogP contribution >= 0.6 is 12.2 Å². The van der Waals surface area contributed by atoms with Crippen molar-refractivity contribution in [2.24, 2.45) is 5.73 Å². The Bertz CT molecular complexity index is 618. The van der Waals surface area contributed by atoms with Gasteiger partial charge in [-0.1, -0.05) is 24.4 Å². The first-order valence-electron chi connectivity index (χ1n) is 6.21. The average Bonchev–Trinajstić information content (AvgIpc) is 2.81. The van der Waals surface area contributed by atoms with E-state index in [0.29, 0.717) is 11.4 Å². The lowest BCUT2D eigenvalue weighted by Crippen LogP contribution is -2.17. The molecule has 1 amide bonds. The van der Waals surface area contributed by atoms with Gasteiger partial charge in [0.05, 0.1) is 0 Å². The second kappa shape index (κ2) is 5.84. The van der Waals surface area contributed by atoms with Crippen LogP contribution in [0, 0.1) is 0 Å². The third-order valence-corrected chi connectivity index (χ3v) is 3.38. The van der Waals surface area contributed by atoms with E-state index in [4.69, 9.17) is 18.0 Å². The van der Waals surface area contributed by atoms with Crippen LogP contribution in [-0.4, -0.2) is 22.5 Å². The summed E-state index contributed by atoms with van der Waals surface area (Å²) in [7, 11) is 1.65. The molecule has 0 atom stereocenters. The van der Waals surface area contributed by atoms with Crippen LogP contribution in [0.2, 0.25) is 0 Å². The Morgan fingerprint density at radius 1 is 1.42 bits per heavy atom. The minimum Gasteiger partial charge on any atom is -0.389 e. The fraction of sp³-hybridized carbons (Fsp3) is 0.286. The molecule has 0 radical (unpaired) electrons. The fourth-order valence-electron chi connectivity index (χ4n) is 2.07. The summed E-state index contributed by atoms with van der Waals surface area (Å²) in [5.74, 6) is 0.0697. The molecule has 3 N–H and O–H groups in total. The Hall–Kier alpha value is -1.88. The maximum Gasteiger partial charge on any atom is 0.219 e. The molecule has 1 aromatic heterocycles. The summed E-state index contributed by atoms with van der Waals surface area (Å²) in [6.07, 6.45) is 3.36. The third-order valence-electron chi connectivity index (χ3n) is 3.14. The second-order valence-electron chi connectivity index (χ2n) is 4.42. The topological polar surface area (TPSA) is 60.0 Å². The summed E-state index contributed by atoms with van der Waals surface area (Å²) in [5, 5.41) is 3.78. The smallest absolute Gasteiger partial charge is 0.219 e. The van der Waals surface area contributed by atoms with Crippen molar-refractivity contribution in [3.63, 3.8) is 0 Å². The molecular formula is C14H17N3OS. The lowest BCUT2D eigenvalue weighted by Gasteiger charge is -2.06. The number of nitrogens with one attached hydrogen (secondary N) is 1. The summed E-state index contributed by atoms with van der Waals surface area (Å²) in [6, 6.07) is 7.99. The van der Waals surface area contributed by atoms with Gasteiger partial charge in [0.15, 0.2) is 0 Å². The molecule has 0 aliphatic heterocycles. The van der Waals surface area contributed by atoms with E-state index < -0.39 is 0 Å². The standard InChI is InChI=1S/C14H17N3OS/c1-16-13(18)3-2-7-17-8-6-10-4-5-11(14(15)19)9-12(10)17/h4-6,8-9H,2-3,7H2,1H3,(H2,15,19)(H,16,18). The zero-order valence-electron chi connectivity index (χ0n) is 10.8.